The lowest BCUT2D eigenvalue weighted by Crippen LogP contribution is -2.61. The topological polar surface area (TPSA) is 198 Å². The molecule has 15 nitrogen and oxygen atoms in total. The van der Waals surface area contributed by atoms with Gasteiger partial charge in [0, 0.05) is 38.2 Å². The van der Waals surface area contributed by atoms with Crippen LogP contribution in [0.4, 0.5) is 10.5 Å². The average molecular weight is 800 g/mol. The number of amides is 7. The number of aliphatic hydroxyl groups excluding tert-OH is 1. The zero-order chi connectivity index (χ0) is 41.7. The number of aryl methyl sites for hydroxylation is 2. The molecule has 4 aliphatic rings. The van der Waals surface area contributed by atoms with E-state index in [-0.39, 0.29) is 37.1 Å². The summed E-state index contributed by atoms with van der Waals surface area (Å²) >= 11 is 0. The molecule has 5 N–H and O–H groups in total. The van der Waals surface area contributed by atoms with Crippen molar-refractivity contribution >= 4 is 47.0 Å². The number of hydrogen-bond acceptors (Lipinski definition) is 8. The van der Waals surface area contributed by atoms with E-state index >= 15 is 0 Å². The third kappa shape index (κ3) is 9.35. The smallest absolute Gasteiger partial charge is 0.319 e. The predicted octanol–water partition coefficient (Wildman–Crippen LogP) is 2.22. The maximum atomic E-state index is 14.2. The molecule has 4 fully saturated rings. The van der Waals surface area contributed by atoms with Crippen molar-refractivity contribution in [3.05, 3.63) is 65.2 Å². The van der Waals surface area contributed by atoms with Gasteiger partial charge >= 0.3 is 6.03 Å². The summed E-state index contributed by atoms with van der Waals surface area (Å²) in [5, 5.41) is 21.4. The Hall–Kier alpha value is -5.31. The largest absolute Gasteiger partial charge is 0.394 e. The van der Waals surface area contributed by atoms with Crippen molar-refractivity contribution in [2.24, 2.45) is 5.92 Å². The van der Waals surface area contributed by atoms with E-state index in [4.69, 9.17) is 0 Å². The van der Waals surface area contributed by atoms with Crippen LogP contribution in [0.5, 0.6) is 0 Å². The van der Waals surface area contributed by atoms with E-state index in [1.165, 1.54) is 9.80 Å². The predicted molar refractivity (Wildman–Crippen MR) is 215 cm³/mol. The number of Topliss-reactive ketones (excluding diaryl/α,β-unsaturated/α-hetero) is 1. The first-order chi connectivity index (χ1) is 27.7. The number of carbonyl (C=O) groups excluding carboxylic acids is 7. The minimum Gasteiger partial charge on any atom is -0.394 e. The Balaban J connectivity index is 1.11. The van der Waals surface area contributed by atoms with Gasteiger partial charge in [0.25, 0.3) is 0 Å². The fraction of sp³-hybridized carbons (Fsp3) is 0.558. The highest BCUT2D eigenvalue weighted by atomic mass is 16.3. The fourth-order valence-corrected chi connectivity index (χ4v) is 8.83. The van der Waals surface area contributed by atoms with Gasteiger partial charge in [0.1, 0.15) is 35.7 Å². The van der Waals surface area contributed by atoms with Crippen LogP contribution in [0.3, 0.4) is 0 Å². The van der Waals surface area contributed by atoms with Gasteiger partial charge in [-0.2, -0.15) is 0 Å². The summed E-state index contributed by atoms with van der Waals surface area (Å²) in [4.78, 5) is 99.3. The SMILES string of the molecule is CCc1ccc(NC(=O)N[C@@H](Cc2cccc(C)c2)C(=O)N[C@@H](CO)C(=O)N2CCC[C@H]2C(=O)N2CCCC[C@H]2C(=O)N[C@@H](C)C(=O)N2C[C@@H](C)C[C@]23CC3=O)cc1. The lowest BCUT2D eigenvalue weighted by Gasteiger charge is -2.39. The van der Waals surface area contributed by atoms with Gasteiger partial charge in [-0.3, -0.25) is 28.8 Å². The van der Waals surface area contributed by atoms with E-state index in [1.54, 1.807) is 24.0 Å². The summed E-state index contributed by atoms with van der Waals surface area (Å²) in [5.41, 5.74) is 2.62. The van der Waals surface area contributed by atoms with Gasteiger partial charge in [-0.25, -0.2) is 4.79 Å². The summed E-state index contributed by atoms with van der Waals surface area (Å²) in [6.07, 6.45) is 4.45. The molecule has 15 heteroatoms. The highest BCUT2D eigenvalue weighted by Gasteiger charge is 2.63. The number of ketones is 1. The number of rotatable bonds is 13. The van der Waals surface area contributed by atoms with Crippen LogP contribution in [0.1, 0.15) is 82.4 Å². The quantitative estimate of drug-likeness (QED) is 0.203. The maximum absolute atomic E-state index is 14.2. The monoisotopic (exact) mass is 799 g/mol. The number of piperidine rings is 1. The first-order valence-corrected chi connectivity index (χ1v) is 20.6. The second-order valence-corrected chi connectivity index (χ2v) is 16.5. The molecular formula is C43H57N7O8. The van der Waals surface area contributed by atoms with Gasteiger partial charge in [0.05, 0.1) is 6.61 Å². The first-order valence-electron chi connectivity index (χ1n) is 20.6. The molecule has 58 heavy (non-hydrogen) atoms. The molecule has 0 bridgehead atoms. The summed E-state index contributed by atoms with van der Waals surface area (Å²) in [5.74, 6) is -2.32. The minimum atomic E-state index is -1.41. The first kappa shape index (κ1) is 42.3. The van der Waals surface area contributed by atoms with Gasteiger partial charge in [0.2, 0.25) is 29.5 Å². The van der Waals surface area contributed by atoms with E-state index < -0.39 is 72.0 Å². The number of likely N-dealkylation sites (tertiary alicyclic amines) is 3. The molecule has 1 aliphatic carbocycles. The van der Waals surface area contributed by atoms with Gasteiger partial charge < -0.3 is 41.1 Å². The van der Waals surface area contributed by atoms with Crippen molar-refractivity contribution in [1.29, 1.82) is 0 Å². The van der Waals surface area contributed by atoms with Crippen molar-refractivity contribution in [1.82, 2.24) is 30.7 Å². The van der Waals surface area contributed by atoms with Crippen LogP contribution in [0.15, 0.2) is 48.5 Å². The second-order valence-electron chi connectivity index (χ2n) is 16.5. The molecule has 0 radical (unpaired) electrons. The molecule has 0 unspecified atom stereocenters. The van der Waals surface area contributed by atoms with Crippen LogP contribution in [0, 0.1) is 12.8 Å². The number of urea groups is 1. The zero-order valence-corrected chi connectivity index (χ0v) is 33.9. The maximum Gasteiger partial charge on any atom is 0.319 e. The Kier molecular flexibility index (Phi) is 13.2. The Bertz CT molecular complexity index is 1900. The molecule has 3 heterocycles. The number of nitrogens with one attached hydrogen (secondary N) is 4. The summed E-state index contributed by atoms with van der Waals surface area (Å²) in [6, 6.07) is 8.97. The molecule has 3 saturated heterocycles. The number of aliphatic hydroxyl groups is 1. The van der Waals surface area contributed by atoms with E-state index in [2.05, 4.69) is 21.3 Å². The number of anilines is 1. The van der Waals surface area contributed by atoms with Gasteiger partial charge in [-0.05, 0) is 88.0 Å². The number of hydrogen-bond donors (Lipinski definition) is 5. The van der Waals surface area contributed by atoms with Gasteiger partial charge in [0.15, 0.2) is 5.78 Å². The van der Waals surface area contributed by atoms with Crippen LogP contribution in [-0.4, -0.2) is 123 Å². The number of carbonyl (C=O) groups is 7. The van der Waals surface area contributed by atoms with Crippen molar-refractivity contribution < 1.29 is 38.7 Å². The van der Waals surface area contributed by atoms with Crippen molar-refractivity contribution in [3.8, 4) is 0 Å². The molecule has 2 aromatic rings. The van der Waals surface area contributed by atoms with E-state index in [0.717, 1.165) is 23.1 Å². The van der Waals surface area contributed by atoms with Crippen molar-refractivity contribution in [3.63, 3.8) is 0 Å². The Labute approximate surface area is 339 Å². The summed E-state index contributed by atoms with van der Waals surface area (Å²) in [6.45, 7) is 7.73. The number of benzene rings is 2. The highest BCUT2D eigenvalue weighted by molar-refractivity contribution is 6.09. The Morgan fingerprint density at radius 1 is 0.862 bits per heavy atom. The Morgan fingerprint density at radius 3 is 2.24 bits per heavy atom. The van der Waals surface area contributed by atoms with Crippen LogP contribution < -0.4 is 21.3 Å². The highest BCUT2D eigenvalue weighted by Crippen LogP contribution is 2.48. The molecule has 1 spiro atoms. The lowest BCUT2D eigenvalue weighted by molar-refractivity contribution is -0.151. The number of nitrogens with zero attached hydrogens (tertiary/aromatic N) is 3. The second kappa shape index (κ2) is 18.1. The molecule has 2 aromatic carbocycles. The van der Waals surface area contributed by atoms with Crippen molar-refractivity contribution in [2.45, 2.75) is 121 Å². The zero-order valence-electron chi connectivity index (χ0n) is 33.9. The van der Waals surface area contributed by atoms with Crippen LogP contribution in [0.2, 0.25) is 0 Å². The van der Waals surface area contributed by atoms with Crippen LogP contribution in [-0.2, 0) is 41.6 Å². The molecule has 312 valence electrons. The summed E-state index contributed by atoms with van der Waals surface area (Å²) < 4.78 is 0. The molecule has 7 amide bonds. The van der Waals surface area contributed by atoms with Gasteiger partial charge in [-0.15, -0.1) is 0 Å². The minimum absolute atomic E-state index is 0.0433. The van der Waals surface area contributed by atoms with E-state index in [1.807, 2.05) is 57.2 Å². The lowest BCUT2D eigenvalue weighted by atomic mass is 9.99. The van der Waals surface area contributed by atoms with E-state index in [9.17, 15) is 38.7 Å². The molecule has 7 atom stereocenters. The Morgan fingerprint density at radius 2 is 1.57 bits per heavy atom. The van der Waals surface area contributed by atoms with Crippen LogP contribution >= 0.6 is 0 Å². The third-order valence-corrected chi connectivity index (χ3v) is 12.0. The average Bonchev–Trinajstić information content (AvgIpc) is 3.48. The standard InChI is InChI=1S/C43H57N7O8/c1-5-29-14-16-31(17-15-29)45-42(58)47-32(21-30-11-8-10-26(2)20-30)37(53)46-33(25-51)40(56)49-19-9-13-35(49)41(57)48-18-7-6-12-34(48)38(54)44-28(4)39(55)50-24-27(3)22-43(50)23-36(43)52/h8,10-11,14-17,20,27-28,32-35,51H,5-7,9,12-13,18-19,21-25H2,1-4H3,(H,44,54)(H,46,53)(H2,45,47,58)/t27-,28-,32-,33-,34-,35-,43+/m0/s1. The molecular weight excluding hydrogens is 743 g/mol. The van der Waals surface area contributed by atoms with E-state index in [0.29, 0.717) is 57.2 Å². The van der Waals surface area contributed by atoms with Crippen LogP contribution in [0.25, 0.3) is 0 Å². The third-order valence-electron chi connectivity index (χ3n) is 12.0. The fourth-order valence-electron chi connectivity index (χ4n) is 8.83. The van der Waals surface area contributed by atoms with Crippen molar-refractivity contribution in [2.75, 3.05) is 31.6 Å². The molecule has 3 aliphatic heterocycles. The molecule has 0 aromatic heterocycles. The summed E-state index contributed by atoms with van der Waals surface area (Å²) in [7, 11) is 0. The molecule has 1 saturated carbocycles. The van der Waals surface area contributed by atoms with Gasteiger partial charge in [-0.1, -0.05) is 55.8 Å². The molecule has 6 rings (SSSR count). The normalized spacial score (nSPS) is 24.2.